The average Bonchev–Trinajstić information content (AvgIpc) is 3.77. The van der Waals surface area contributed by atoms with Crippen molar-refractivity contribution in [3.8, 4) is 33.4 Å². The molecule has 240 valence electrons. The van der Waals surface area contributed by atoms with Gasteiger partial charge >= 0.3 is 0 Å². The minimum atomic E-state index is 0.871. The number of anilines is 3. The summed E-state index contributed by atoms with van der Waals surface area (Å²) < 4.78 is 12.5. The van der Waals surface area contributed by atoms with Gasteiger partial charge in [0.15, 0.2) is 0 Å². The third-order valence-electron chi connectivity index (χ3n) is 9.91. The molecule has 10 aromatic rings. The number of nitrogens with zero attached hydrogens (tertiary/aromatic N) is 1. The molecule has 0 unspecified atom stereocenters. The van der Waals surface area contributed by atoms with E-state index in [1.54, 1.807) is 0 Å². The first kappa shape index (κ1) is 29.1. The number of hydrogen-bond acceptors (Lipinski definition) is 3. The van der Waals surface area contributed by atoms with E-state index < -0.39 is 0 Å². The topological polar surface area (TPSA) is 29.5 Å². The molecule has 51 heavy (non-hydrogen) atoms. The largest absolute Gasteiger partial charge is 0.456 e. The van der Waals surface area contributed by atoms with Gasteiger partial charge in [0.2, 0.25) is 0 Å². The van der Waals surface area contributed by atoms with Gasteiger partial charge in [-0.25, -0.2) is 0 Å². The van der Waals surface area contributed by atoms with Crippen molar-refractivity contribution in [2.45, 2.75) is 0 Å². The normalized spacial score (nSPS) is 11.5. The van der Waals surface area contributed by atoms with Gasteiger partial charge in [0.05, 0.1) is 0 Å². The van der Waals surface area contributed by atoms with Crippen LogP contribution in [-0.4, -0.2) is 0 Å². The molecule has 0 aliphatic carbocycles. The van der Waals surface area contributed by atoms with Gasteiger partial charge in [-0.3, -0.25) is 0 Å². The van der Waals surface area contributed by atoms with E-state index in [0.29, 0.717) is 0 Å². The van der Waals surface area contributed by atoms with Gasteiger partial charge < -0.3 is 13.7 Å². The molecule has 0 fully saturated rings. The minimum absolute atomic E-state index is 0.871. The van der Waals surface area contributed by atoms with E-state index in [-0.39, 0.29) is 0 Å². The molecule has 0 saturated carbocycles. The first-order chi connectivity index (χ1) is 25.3. The second kappa shape index (κ2) is 11.9. The molecular weight excluding hydrogens is 623 g/mol. The predicted molar refractivity (Wildman–Crippen MR) is 212 cm³/mol. The summed E-state index contributed by atoms with van der Waals surface area (Å²) in [6.45, 7) is 0. The highest BCUT2D eigenvalue weighted by Gasteiger charge is 2.17. The predicted octanol–water partition coefficient (Wildman–Crippen LogP) is 14.0. The second-order valence-corrected chi connectivity index (χ2v) is 12.9. The zero-order valence-corrected chi connectivity index (χ0v) is 27.7. The van der Waals surface area contributed by atoms with Crippen LogP contribution in [0.5, 0.6) is 0 Å². The van der Waals surface area contributed by atoms with E-state index in [4.69, 9.17) is 8.83 Å². The summed E-state index contributed by atoms with van der Waals surface area (Å²) in [5.74, 6) is 0. The first-order valence-corrected chi connectivity index (χ1v) is 17.2. The summed E-state index contributed by atoms with van der Waals surface area (Å²) in [5, 5.41) is 4.54. The van der Waals surface area contributed by atoms with Crippen molar-refractivity contribution >= 4 is 60.9 Å². The lowest BCUT2D eigenvalue weighted by Crippen LogP contribution is -2.09. The SMILES string of the molecule is c1ccc(-c2ccc(N(c3ccc(-c4ccc(-c5cccc6oc7ccccc7c56)cc4)cc3)c3ccc4c(c3)oc3ccccc34)cc2)cc1. The highest BCUT2D eigenvalue weighted by Crippen LogP contribution is 2.41. The Hall–Kier alpha value is -6.84. The summed E-state index contributed by atoms with van der Waals surface area (Å²) >= 11 is 0. The highest BCUT2D eigenvalue weighted by atomic mass is 16.3. The zero-order valence-electron chi connectivity index (χ0n) is 27.7. The number of rotatable bonds is 6. The quantitative estimate of drug-likeness (QED) is 0.179. The van der Waals surface area contributed by atoms with Crippen LogP contribution in [0.2, 0.25) is 0 Å². The number of fused-ring (bicyclic) bond motifs is 6. The number of hydrogen-bond donors (Lipinski definition) is 0. The van der Waals surface area contributed by atoms with Crippen molar-refractivity contribution in [1.29, 1.82) is 0 Å². The third kappa shape index (κ3) is 5.06. The Morgan fingerprint density at radius 3 is 1.45 bits per heavy atom. The van der Waals surface area contributed by atoms with E-state index in [9.17, 15) is 0 Å². The fourth-order valence-corrected chi connectivity index (χ4v) is 7.39. The van der Waals surface area contributed by atoms with Crippen molar-refractivity contribution in [3.63, 3.8) is 0 Å². The van der Waals surface area contributed by atoms with Crippen LogP contribution in [0.1, 0.15) is 0 Å². The Morgan fingerprint density at radius 2 is 0.765 bits per heavy atom. The van der Waals surface area contributed by atoms with Crippen LogP contribution in [-0.2, 0) is 0 Å². The monoisotopic (exact) mass is 653 g/mol. The fourth-order valence-electron chi connectivity index (χ4n) is 7.39. The summed E-state index contributed by atoms with van der Waals surface area (Å²) in [7, 11) is 0. The molecule has 2 aromatic heterocycles. The maximum absolute atomic E-state index is 6.32. The van der Waals surface area contributed by atoms with E-state index in [2.05, 4.69) is 163 Å². The zero-order chi connectivity index (χ0) is 33.7. The molecule has 3 nitrogen and oxygen atoms in total. The molecule has 0 amide bonds. The standard InChI is InChI=1S/C48H31NO2/c1-2-9-32(10-3-1)34-21-25-37(26-22-34)49(39-29-30-42-41-11-4-6-14-44(41)51-47(42)31-39)38-27-23-35(24-28-38)33-17-19-36(20-18-33)40-13-8-16-46-48(40)43-12-5-7-15-45(43)50-46/h1-31H. The summed E-state index contributed by atoms with van der Waals surface area (Å²) in [4.78, 5) is 2.30. The van der Waals surface area contributed by atoms with Gasteiger partial charge in [0.1, 0.15) is 22.3 Å². The summed E-state index contributed by atoms with van der Waals surface area (Å²) in [6.07, 6.45) is 0. The summed E-state index contributed by atoms with van der Waals surface area (Å²) in [6, 6.07) is 66.2. The fraction of sp³-hybridized carbons (Fsp3) is 0. The molecule has 0 atom stereocenters. The van der Waals surface area contributed by atoms with Gasteiger partial charge in [-0.2, -0.15) is 0 Å². The molecule has 2 heterocycles. The molecule has 8 aromatic carbocycles. The Kier molecular flexibility index (Phi) is 6.81. The molecule has 0 radical (unpaired) electrons. The van der Waals surface area contributed by atoms with Crippen molar-refractivity contribution in [1.82, 2.24) is 0 Å². The lowest BCUT2D eigenvalue weighted by atomic mass is 9.97. The van der Waals surface area contributed by atoms with Crippen LogP contribution in [0.3, 0.4) is 0 Å². The molecule has 10 rings (SSSR count). The van der Waals surface area contributed by atoms with Crippen LogP contribution in [0.15, 0.2) is 197 Å². The maximum atomic E-state index is 6.32. The van der Waals surface area contributed by atoms with Crippen LogP contribution in [0, 0.1) is 0 Å². The molecule has 0 aliphatic heterocycles. The van der Waals surface area contributed by atoms with Gasteiger partial charge in [-0.1, -0.05) is 127 Å². The Labute approximate surface area is 295 Å². The average molecular weight is 654 g/mol. The van der Waals surface area contributed by atoms with Crippen LogP contribution in [0.25, 0.3) is 77.3 Å². The molecule has 0 aliphatic rings. The second-order valence-electron chi connectivity index (χ2n) is 12.9. The number of para-hydroxylation sites is 2. The van der Waals surface area contributed by atoms with E-state index in [1.165, 1.54) is 22.3 Å². The van der Waals surface area contributed by atoms with Crippen molar-refractivity contribution < 1.29 is 8.83 Å². The van der Waals surface area contributed by atoms with Crippen LogP contribution < -0.4 is 4.90 Å². The molecule has 3 heteroatoms. The highest BCUT2D eigenvalue weighted by molar-refractivity contribution is 6.12. The Morgan fingerprint density at radius 1 is 0.294 bits per heavy atom. The van der Waals surface area contributed by atoms with Gasteiger partial charge in [0, 0.05) is 44.7 Å². The third-order valence-corrected chi connectivity index (χ3v) is 9.91. The number of benzene rings is 8. The van der Waals surface area contributed by atoms with E-state index in [0.717, 1.165) is 72.1 Å². The van der Waals surface area contributed by atoms with Gasteiger partial charge in [-0.15, -0.1) is 0 Å². The van der Waals surface area contributed by atoms with Crippen LogP contribution >= 0.6 is 0 Å². The van der Waals surface area contributed by atoms with Gasteiger partial charge in [-0.05, 0) is 88.0 Å². The van der Waals surface area contributed by atoms with Crippen molar-refractivity contribution in [3.05, 3.63) is 188 Å². The first-order valence-electron chi connectivity index (χ1n) is 17.2. The van der Waals surface area contributed by atoms with Crippen molar-refractivity contribution in [2.24, 2.45) is 0 Å². The molecule has 0 spiro atoms. The minimum Gasteiger partial charge on any atom is -0.456 e. The lowest BCUT2D eigenvalue weighted by molar-refractivity contribution is 0.668. The molecule has 0 bridgehead atoms. The molecule has 0 N–H and O–H groups in total. The summed E-state index contributed by atoms with van der Waals surface area (Å²) in [5.41, 5.74) is 13.8. The Balaban J connectivity index is 1.01. The maximum Gasteiger partial charge on any atom is 0.137 e. The van der Waals surface area contributed by atoms with E-state index in [1.807, 2.05) is 30.3 Å². The number of furan rings is 2. The smallest absolute Gasteiger partial charge is 0.137 e. The molecular formula is C48H31NO2. The lowest BCUT2D eigenvalue weighted by Gasteiger charge is -2.26. The van der Waals surface area contributed by atoms with E-state index >= 15 is 0 Å². The van der Waals surface area contributed by atoms with Gasteiger partial charge in [0.25, 0.3) is 0 Å². The molecule has 0 saturated heterocycles. The Bertz CT molecular complexity index is 2830. The van der Waals surface area contributed by atoms with Crippen molar-refractivity contribution in [2.75, 3.05) is 4.90 Å². The van der Waals surface area contributed by atoms with Crippen LogP contribution in [0.4, 0.5) is 17.1 Å².